The fraction of sp³-hybridized carbons (Fsp3) is 0.120. The molecule has 0 nitrogen and oxygen atoms in total. The summed E-state index contributed by atoms with van der Waals surface area (Å²) in [6.45, 7) is 10.4. The zero-order valence-corrected chi connectivity index (χ0v) is 16.6. The molecule has 1 aromatic heterocycles. The molecular formula is C25H21FS. The van der Waals surface area contributed by atoms with E-state index in [1.54, 1.807) is 23.5 Å². The topological polar surface area (TPSA) is 0 Å². The van der Waals surface area contributed by atoms with Crippen LogP contribution in [0.25, 0.3) is 26.8 Å². The van der Waals surface area contributed by atoms with E-state index in [9.17, 15) is 4.39 Å². The van der Waals surface area contributed by atoms with E-state index in [1.807, 2.05) is 13.8 Å². The minimum Gasteiger partial charge on any atom is -0.207 e. The molecule has 0 aliphatic rings. The lowest BCUT2D eigenvalue weighted by atomic mass is 9.91. The second-order valence-electron chi connectivity index (χ2n) is 7.06. The summed E-state index contributed by atoms with van der Waals surface area (Å²) in [5, 5.41) is 1.24. The first-order chi connectivity index (χ1) is 13.0. The SMILES string of the molecule is C=C(c1sc2ccccc2c1-c1ccc(C)cc1)c1c(C)cc(F)cc1C. The van der Waals surface area contributed by atoms with Crippen molar-refractivity contribution in [1.82, 2.24) is 0 Å². The lowest BCUT2D eigenvalue weighted by Gasteiger charge is -2.14. The maximum atomic E-state index is 13.8. The van der Waals surface area contributed by atoms with Gasteiger partial charge >= 0.3 is 0 Å². The molecule has 0 saturated heterocycles. The van der Waals surface area contributed by atoms with E-state index in [2.05, 4.69) is 62.0 Å². The van der Waals surface area contributed by atoms with Crippen molar-refractivity contribution in [2.24, 2.45) is 0 Å². The van der Waals surface area contributed by atoms with Gasteiger partial charge in [0.05, 0.1) is 0 Å². The second-order valence-corrected chi connectivity index (χ2v) is 8.11. The van der Waals surface area contributed by atoms with Crippen LogP contribution in [0.15, 0.2) is 67.2 Å². The number of hydrogen-bond donors (Lipinski definition) is 0. The average Bonchev–Trinajstić information content (AvgIpc) is 3.01. The maximum Gasteiger partial charge on any atom is 0.123 e. The molecule has 27 heavy (non-hydrogen) atoms. The highest BCUT2D eigenvalue weighted by Gasteiger charge is 2.19. The molecule has 0 radical (unpaired) electrons. The molecule has 0 atom stereocenters. The van der Waals surface area contributed by atoms with Crippen LogP contribution in [0, 0.1) is 26.6 Å². The molecule has 4 rings (SSSR count). The van der Waals surface area contributed by atoms with Crippen molar-refractivity contribution >= 4 is 27.0 Å². The normalized spacial score (nSPS) is 11.1. The summed E-state index contributed by atoms with van der Waals surface area (Å²) in [6.07, 6.45) is 0. The first-order valence-corrected chi connectivity index (χ1v) is 9.82. The molecule has 4 aromatic rings. The van der Waals surface area contributed by atoms with Crippen molar-refractivity contribution < 1.29 is 4.39 Å². The van der Waals surface area contributed by atoms with Crippen LogP contribution in [0.5, 0.6) is 0 Å². The Hall–Kier alpha value is -2.71. The average molecular weight is 373 g/mol. The monoisotopic (exact) mass is 372 g/mol. The summed E-state index contributed by atoms with van der Waals surface area (Å²) in [6, 6.07) is 20.3. The van der Waals surface area contributed by atoms with Crippen LogP contribution in [0.2, 0.25) is 0 Å². The highest BCUT2D eigenvalue weighted by atomic mass is 32.1. The number of aryl methyl sites for hydroxylation is 3. The fourth-order valence-corrected chi connectivity index (χ4v) is 4.97. The largest absolute Gasteiger partial charge is 0.207 e. The third-order valence-corrected chi connectivity index (χ3v) is 6.24. The van der Waals surface area contributed by atoms with E-state index < -0.39 is 0 Å². The van der Waals surface area contributed by atoms with Gasteiger partial charge in [-0.05, 0) is 66.8 Å². The molecule has 0 amide bonds. The molecule has 3 aromatic carbocycles. The Labute approximate surface area is 163 Å². The van der Waals surface area contributed by atoms with Crippen LogP contribution in [-0.2, 0) is 0 Å². The molecule has 0 aliphatic heterocycles. The van der Waals surface area contributed by atoms with Gasteiger partial charge in [-0.1, -0.05) is 54.6 Å². The highest BCUT2D eigenvalue weighted by molar-refractivity contribution is 7.20. The lowest BCUT2D eigenvalue weighted by Crippen LogP contribution is -1.95. The van der Waals surface area contributed by atoms with Crippen molar-refractivity contribution in [3.05, 3.63) is 100 Å². The van der Waals surface area contributed by atoms with E-state index in [0.717, 1.165) is 27.1 Å². The minimum absolute atomic E-state index is 0.198. The summed E-state index contributed by atoms with van der Waals surface area (Å²) in [7, 11) is 0. The smallest absolute Gasteiger partial charge is 0.123 e. The predicted molar refractivity (Wildman–Crippen MR) is 116 cm³/mol. The van der Waals surface area contributed by atoms with Crippen molar-refractivity contribution in [3.8, 4) is 11.1 Å². The molecule has 0 bridgehead atoms. The van der Waals surface area contributed by atoms with Gasteiger partial charge in [-0.15, -0.1) is 11.3 Å². The standard InChI is InChI=1S/C25H21FS/c1-15-9-11-19(12-10-15)24-21-7-5-6-8-22(21)27-25(24)18(4)23-16(2)13-20(26)14-17(23)3/h5-14H,4H2,1-3H3. The van der Waals surface area contributed by atoms with E-state index in [0.29, 0.717) is 0 Å². The second kappa shape index (κ2) is 6.79. The summed E-state index contributed by atoms with van der Waals surface area (Å²) in [5.74, 6) is -0.198. The molecule has 0 fully saturated rings. The number of hydrogen-bond acceptors (Lipinski definition) is 1. The van der Waals surface area contributed by atoms with Gasteiger partial charge in [0.15, 0.2) is 0 Å². The Morgan fingerprint density at radius 2 is 1.52 bits per heavy atom. The highest BCUT2D eigenvalue weighted by Crippen LogP contribution is 2.44. The molecule has 0 spiro atoms. The lowest BCUT2D eigenvalue weighted by molar-refractivity contribution is 0.625. The Morgan fingerprint density at radius 3 is 2.19 bits per heavy atom. The fourth-order valence-electron chi connectivity index (χ4n) is 3.77. The van der Waals surface area contributed by atoms with E-state index in [1.165, 1.54) is 26.8 Å². The molecule has 134 valence electrons. The zero-order valence-electron chi connectivity index (χ0n) is 15.8. The van der Waals surface area contributed by atoms with Crippen molar-refractivity contribution in [1.29, 1.82) is 0 Å². The molecule has 0 aliphatic carbocycles. The summed E-state index contributed by atoms with van der Waals surface area (Å²) in [5.41, 5.74) is 7.48. The maximum absolute atomic E-state index is 13.8. The molecule has 1 heterocycles. The Balaban J connectivity index is 1.98. The van der Waals surface area contributed by atoms with Crippen LogP contribution in [0.3, 0.4) is 0 Å². The van der Waals surface area contributed by atoms with Crippen LogP contribution < -0.4 is 0 Å². The molecule has 0 N–H and O–H groups in total. The summed E-state index contributed by atoms with van der Waals surface area (Å²) >= 11 is 1.75. The van der Waals surface area contributed by atoms with Gasteiger partial charge in [-0.3, -0.25) is 0 Å². The number of fused-ring (bicyclic) bond motifs is 1. The molecule has 2 heteroatoms. The quantitative estimate of drug-likeness (QED) is 0.346. The number of thiophene rings is 1. The van der Waals surface area contributed by atoms with Crippen LogP contribution in [0.4, 0.5) is 4.39 Å². The number of benzene rings is 3. The predicted octanol–water partition coefficient (Wildman–Crippen LogP) is 7.69. The first kappa shape index (κ1) is 17.7. The Morgan fingerprint density at radius 1 is 0.889 bits per heavy atom. The van der Waals surface area contributed by atoms with E-state index in [-0.39, 0.29) is 5.82 Å². The van der Waals surface area contributed by atoms with Gasteiger partial charge < -0.3 is 0 Å². The van der Waals surface area contributed by atoms with Crippen molar-refractivity contribution in [2.75, 3.05) is 0 Å². The Kier molecular flexibility index (Phi) is 4.45. The van der Waals surface area contributed by atoms with Gasteiger partial charge in [0.2, 0.25) is 0 Å². The zero-order chi connectivity index (χ0) is 19.1. The van der Waals surface area contributed by atoms with Gasteiger partial charge in [0.25, 0.3) is 0 Å². The van der Waals surface area contributed by atoms with Crippen molar-refractivity contribution in [3.63, 3.8) is 0 Å². The van der Waals surface area contributed by atoms with Gasteiger partial charge in [0.1, 0.15) is 5.82 Å². The van der Waals surface area contributed by atoms with Crippen LogP contribution >= 0.6 is 11.3 Å². The summed E-state index contributed by atoms with van der Waals surface area (Å²) < 4.78 is 15.0. The van der Waals surface area contributed by atoms with Crippen LogP contribution in [0.1, 0.15) is 27.1 Å². The number of rotatable bonds is 3. The number of halogens is 1. The molecule has 0 unspecified atom stereocenters. The van der Waals surface area contributed by atoms with Crippen LogP contribution in [-0.4, -0.2) is 0 Å². The van der Waals surface area contributed by atoms with E-state index in [4.69, 9.17) is 0 Å². The molecule has 0 saturated carbocycles. The third kappa shape index (κ3) is 3.11. The van der Waals surface area contributed by atoms with Gasteiger partial charge in [-0.2, -0.15) is 0 Å². The van der Waals surface area contributed by atoms with Gasteiger partial charge in [0, 0.05) is 20.5 Å². The summed E-state index contributed by atoms with van der Waals surface area (Å²) in [4.78, 5) is 1.15. The van der Waals surface area contributed by atoms with E-state index >= 15 is 0 Å². The van der Waals surface area contributed by atoms with Gasteiger partial charge in [-0.25, -0.2) is 4.39 Å². The minimum atomic E-state index is -0.198. The molecular weight excluding hydrogens is 351 g/mol. The first-order valence-electron chi connectivity index (χ1n) is 9.00. The third-order valence-electron chi connectivity index (χ3n) is 5.01. The van der Waals surface area contributed by atoms with Crippen molar-refractivity contribution in [2.45, 2.75) is 20.8 Å². The Bertz CT molecular complexity index is 1140.